The maximum absolute atomic E-state index is 13.9. The number of nitrogens with two attached hydrogens (primary N) is 2. The van der Waals surface area contributed by atoms with E-state index in [1.54, 1.807) is 24.3 Å². The highest BCUT2D eigenvalue weighted by molar-refractivity contribution is 6.11. The standard InChI is InChI=1S/C31H34N4O4/c1-31(30(38)39-2)25(19-32)26(35(29(31)37)18-6-9-20-7-4-3-5-8-20)27(36)23-14-10-21(11-15-23)22-12-16-24(17-13-22)28(33)34/h3-5,7-8,10-17,25-26H,6,9,18-19,32H2,1-2H3,(H3,33,34)/t25?,26-,31-/m0/s1. The van der Waals surface area contributed by atoms with E-state index < -0.39 is 29.3 Å². The van der Waals surface area contributed by atoms with Gasteiger partial charge in [0.05, 0.1) is 7.11 Å². The van der Waals surface area contributed by atoms with Crippen molar-refractivity contribution in [2.45, 2.75) is 25.8 Å². The number of aryl methyl sites for hydroxylation is 1. The minimum atomic E-state index is -1.55. The van der Waals surface area contributed by atoms with Crippen LogP contribution in [0.1, 0.15) is 34.8 Å². The van der Waals surface area contributed by atoms with Crippen LogP contribution in [0.4, 0.5) is 0 Å². The van der Waals surface area contributed by atoms with E-state index in [1.807, 2.05) is 54.6 Å². The summed E-state index contributed by atoms with van der Waals surface area (Å²) >= 11 is 0. The number of nitrogen functional groups attached to an aromatic ring is 1. The molecule has 1 fully saturated rings. The number of ether oxygens (including phenoxy) is 1. The second kappa shape index (κ2) is 11.6. The van der Waals surface area contributed by atoms with Crippen LogP contribution in [-0.2, 0) is 20.7 Å². The van der Waals surface area contributed by atoms with Gasteiger partial charge in [-0.05, 0) is 43.0 Å². The molecule has 3 aromatic rings. The van der Waals surface area contributed by atoms with E-state index in [-0.39, 0.29) is 18.2 Å². The number of rotatable bonds is 10. The van der Waals surface area contributed by atoms with E-state index >= 15 is 0 Å². The maximum Gasteiger partial charge on any atom is 0.321 e. The molecule has 0 radical (unpaired) electrons. The van der Waals surface area contributed by atoms with Crippen molar-refractivity contribution >= 4 is 23.5 Å². The highest BCUT2D eigenvalue weighted by Crippen LogP contribution is 2.43. The highest BCUT2D eigenvalue weighted by Gasteiger charge is 2.62. The Bertz CT molecular complexity index is 1360. The Morgan fingerprint density at radius 3 is 2.03 bits per heavy atom. The Morgan fingerprint density at radius 2 is 1.51 bits per heavy atom. The normalized spacial score (nSPS) is 20.6. The quantitative estimate of drug-likeness (QED) is 0.122. The Hall–Kier alpha value is -4.30. The van der Waals surface area contributed by atoms with Crippen LogP contribution in [0.25, 0.3) is 11.1 Å². The predicted octanol–water partition coefficient (Wildman–Crippen LogP) is 3.42. The largest absolute Gasteiger partial charge is 0.468 e. The smallest absolute Gasteiger partial charge is 0.321 e. The number of methoxy groups -OCH3 is 1. The van der Waals surface area contributed by atoms with Crippen LogP contribution in [0.2, 0.25) is 0 Å². The van der Waals surface area contributed by atoms with Gasteiger partial charge in [-0.3, -0.25) is 19.8 Å². The van der Waals surface area contributed by atoms with Crippen molar-refractivity contribution < 1.29 is 19.1 Å². The van der Waals surface area contributed by atoms with Crippen LogP contribution in [0.15, 0.2) is 78.9 Å². The van der Waals surface area contributed by atoms with Crippen molar-refractivity contribution in [1.29, 1.82) is 5.41 Å². The molecule has 1 aliphatic heterocycles. The maximum atomic E-state index is 13.9. The van der Waals surface area contributed by atoms with Crippen molar-refractivity contribution in [1.82, 2.24) is 4.90 Å². The van der Waals surface area contributed by atoms with Gasteiger partial charge in [0.1, 0.15) is 17.3 Å². The van der Waals surface area contributed by atoms with Gasteiger partial charge in [-0.25, -0.2) is 0 Å². The zero-order chi connectivity index (χ0) is 28.2. The number of hydrogen-bond donors (Lipinski definition) is 3. The van der Waals surface area contributed by atoms with E-state index in [0.717, 1.165) is 23.1 Å². The lowest BCUT2D eigenvalue weighted by Gasteiger charge is -2.28. The third kappa shape index (κ3) is 5.33. The number of hydrogen-bond acceptors (Lipinski definition) is 6. The van der Waals surface area contributed by atoms with Gasteiger partial charge in [-0.15, -0.1) is 0 Å². The minimum Gasteiger partial charge on any atom is -0.468 e. The number of likely N-dealkylation sites (tertiary alicyclic amines) is 1. The molecule has 202 valence electrons. The van der Waals surface area contributed by atoms with E-state index in [2.05, 4.69) is 0 Å². The van der Waals surface area contributed by atoms with Crippen molar-refractivity contribution in [3.63, 3.8) is 0 Å². The van der Waals surface area contributed by atoms with Crippen LogP contribution < -0.4 is 11.5 Å². The monoisotopic (exact) mass is 526 g/mol. The van der Waals surface area contributed by atoms with Gasteiger partial charge in [0.25, 0.3) is 0 Å². The summed E-state index contributed by atoms with van der Waals surface area (Å²) in [5.41, 5.74) is 14.1. The van der Waals surface area contributed by atoms with Crippen molar-refractivity contribution in [3.05, 3.63) is 95.6 Å². The summed E-state index contributed by atoms with van der Waals surface area (Å²) in [6.45, 7) is 1.82. The summed E-state index contributed by atoms with van der Waals surface area (Å²) in [6.07, 6.45) is 1.36. The molecule has 39 heavy (non-hydrogen) atoms. The summed E-state index contributed by atoms with van der Waals surface area (Å²) in [5.74, 6) is -2.12. The molecule has 0 bridgehead atoms. The Balaban J connectivity index is 1.61. The predicted molar refractivity (Wildman–Crippen MR) is 150 cm³/mol. The third-order valence-corrected chi connectivity index (χ3v) is 7.70. The van der Waals surface area contributed by atoms with Crippen LogP contribution in [0.3, 0.4) is 0 Å². The zero-order valence-electron chi connectivity index (χ0n) is 22.2. The van der Waals surface area contributed by atoms with Crippen LogP contribution in [0.5, 0.6) is 0 Å². The summed E-state index contributed by atoms with van der Waals surface area (Å²) < 4.78 is 5.01. The molecular weight excluding hydrogens is 492 g/mol. The second-order valence-corrected chi connectivity index (χ2v) is 10.0. The fraction of sp³-hybridized carbons (Fsp3) is 0.290. The van der Waals surface area contributed by atoms with E-state index in [1.165, 1.54) is 18.9 Å². The molecule has 5 N–H and O–H groups in total. The van der Waals surface area contributed by atoms with Gasteiger partial charge in [0.15, 0.2) is 5.78 Å². The average Bonchev–Trinajstić information content (AvgIpc) is 3.19. The fourth-order valence-corrected chi connectivity index (χ4v) is 5.43. The van der Waals surface area contributed by atoms with E-state index in [0.29, 0.717) is 24.1 Å². The number of ketones is 1. The number of carbonyl (C=O) groups is 3. The number of amides is 1. The SMILES string of the molecule is COC(=O)[C@]1(C)C(=O)N(CCCc2ccccc2)[C@H](C(=O)c2ccc(-c3ccc(C(=N)N)cc3)cc2)C1CN. The number of nitrogens with zero attached hydrogens (tertiary/aromatic N) is 1. The molecule has 0 aliphatic carbocycles. The lowest BCUT2D eigenvalue weighted by Crippen LogP contribution is -2.45. The average molecular weight is 527 g/mol. The zero-order valence-corrected chi connectivity index (χ0v) is 22.2. The summed E-state index contributed by atoms with van der Waals surface area (Å²) in [7, 11) is 1.24. The van der Waals surface area contributed by atoms with E-state index in [4.69, 9.17) is 21.6 Å². The van der Waals surface area contributed by atoms with Crippen molar-refractivity contribution in [2.75, 3.05) is 20.2 Å². The van der Waals surface area contributed by atoms with Crippen LogP contribution in [0, 0.1) is 16.7 Å². The summed E-state index contributed by atoms with van der Waals surface area (Å²) in [4.78, 5) is 42.0. The van der Waals surface area contributed by atoms with Crippen LogP contribution in [-0.4, -0.2) is 54.6 Å². The molecular formula is C31H34N4O4. The molecule has 3 atom stereocenters. The number of benzene rings is 3. The van der Waals surface area contributed by atoms with Crippen LogP contribution >= 0.6 is 0 Å². The molecule has 1 saturated heterocycles. The molecule has 3 aromatic carbocycles. The first-order valence-corrected chi connectivity index (χ1v) is 12.9. The van der Waals surface area contributed by atoms with Gasteiger partial charge in [0, 0.05) is 23.6 Å². The molecule has 0 saturated carbocycles. The number of nitrogens with one attached hydrogen (secondary N) is 1. The Labute approximate surface area is 228 Å². The van der Waals surface area contributed by atoms with Gasteiger partial charge < -0.3 is 21.1 Å². The molecule has 0 spiro atoms. The topological polar surface area (TPSA) is 140 Å². The summed E-state index contributed by atoms with van der Waals surface area (Å²) in [6, 6.07) is 23.4. The lowest BCUT2D eigenvalue weighted by atomic mass is 9.75. The molecule has 1 aliphatic rings. The van der Waals surface area contributed by atoms with Crippen molar-refractivity contribution in [3.8, 4) is 11.1 Å². The molecule has 1 heterocycles. The number of amidine groups is 1. The first-order chi connectivity index (χ1) is 18.7. The molecule has 0 aromatic heterocycles. The fourth-order valence-electron chi connectivity index (χ4n) is 5.43. The van der Waals surface area contributed by atoms with Gasteiger partial charge >= 0.3 is 5.97 Å². The number of esters is 1. The second-order valence-electron chi connectivity index (χ2n) is 10.0. The van der Waals surface area contributed by atoms with Gasteiger partial charge in [0.2, 0.25) is 5.91 Å². The highest BCUT2D eigenvalue weighted by atomic mass is 16.5. The lowest BCUT2D eigenvalue weighted by molar-refractivity contribution is -0.159. The summed E-state index contributed by atoms with van der Waals surface area (Å²) in [5, 5.41) is 7.56. The molecule has 8 nitrogen and oxygen atoms in total. The number of carbonyl (C=O) groups excluding carboxylic acids is 3. The molecule has 8 heteroatoms. The number of Topliss-reactive ketones (excluding diaryl/α,β-unsaturated/α-hetero) is 1. The molecule has 1 unspecified atom stereocenters. The third-order valence-electron chi connectivity index (χ3n) is 7.70. The Morgan fingerprint density at radius 1 is 0.949 bits per heavy atom. The first kappa shape index (κ1) is 27.7. The Kier molecular flexibility index (Phi) is 8.26. The molecule has 1 amide bonds. The van der Waals surface area contributed by atoms with E-state index in [9.17, 15) is 14.4 Å². The van der Waals surface area contributed by atoms with Gasteiger partial charge in [-0.2, -0.15) is 0 Å². The van der Waals surface area contributed by atoms with Crippen molar-refractivity contribution in [2.24, 2.45) is 22.8 Å². The molecule has 4 rings (SSSR count). The van der Waals surface area contributed by atoms with Gasteiger partial charge in [-0.1, -0.05) is 78.9 Å². The minimum absolute atomic E-state index is 0.00431. The first-order valence-electron chi connectivity index (χ1n) is 12.9.